The molecule has 0 spiro atoms. The second kappa shape index (κ2) is 8.58. The summed E-state index contributed by atoms with van der Waals surface area (Å²) in [5.74, 6) is 1.13. The first-order valence-electron chi connectivity index (χ1n) is 8.68. The number of methoxy groups -OCH3 is 1. The molecule has 0 unspecified atom stereocenters. The predicted molar refractivity (Wildman–Crippen MR) is 98.6 cm³/mol. The Bertz CT molecular complexity index is 676. The monoisotopic (exact) mass is 347 g/mol. The fraction of sp³-hybridized carbons (Fsp3) is 0.526. The Morgan fingerprint density at radius 3 is 2.88 bits per heavy atom. The zero-order valence-electron chi connectivity index (χ0n) is 14.2. The number of ether oxygens (including phenoxy) is 1. The van der Waals surface area contributed by atoms with Crippen molar-refractivity contribution in [2.75, 3.05) is 20.3 Å². The molecular weight excluding hydrogens is 322 g/mol. The number of benzene rings is 1. The van der Waals surface area contributed by atoms with E-state index >= 15 is 0 Å². The number of furan rings is 1. The number of carbonyl (C=O) groups is 1. The van der Waals surface area contributed by atoms with Gasteiger partial charge in [0.1, 0.15) is 5.58 Å². The van der Waals surface area contributed by atoms with Gasteiger partial charge in [-0.2, -0.15) is 11.8 Å². The van der Waals surface area contributed by atoms with Crippen molar-refractivity contribution in [2.45, 2.75) is 43.1 Å². The van der Waals surface area contributed by atoms with Gasteiger partial charge >= 0.3 is 0 Å². The lowest BCUT2D eigenvalue weighted by molar-refractivity contribution is 0.0910. The molecule has 0 aliphatic heterocycles. The molecule has 1 N–H and O–H groups in total. The Morgan fingerprint density at radius 2 is 2.08 bits per heavy atom. The van der Waals surface area contributed by atoms with E-state index in [1.54, 1.807) is 7.11 Å². The lowest BCUT2D eigenvalue weighted by Crippen LogP contribution is -2.27. The van der Waals surface area contributed by atoms with Gasteiger partial charge in [0.15, 0.2) is 5.76 Å². The summed E-state index contributed by atoms with van der Waals surface area (Å²) in [6.45, 7) is 0.986. The summed E-state index contributed by atoms with van der Waals surface area (Å²) in [7, 11) is 1.62. The van der Waals surface area contributed by atoms with E-state index in [9.17, 15) is 4.79 Å². The quantitative estimate of drug-likeness (QED) is 0.756. The summed E-state index contributed by atoms with van der Waals surface area (Å²) < 4.78 is 10.9. The molecule has 5 heteroatoms. The largest absolute Gasteiger partial charge is 0.451 e. The summed E-state index contributed by atoms with van der Waals surface area (Å²) in [4.78, 5) is 12.5. The van der Waals surface area contributed by atoms with Crippen LogP contribution in [-0.4, -0.2) is 31.4 Å². The van der Waals surface area contributed by atoms with Gasteiger partial charge in [0, 0.05) is 35.6 Å². The van der Waals surface area contributed by atoms with Crippen LogP contribution in [0.4, 0.5) is 0 Å². The minimum Gasteiger partial charge on any atom is -0.451 e. The fourth-order valence-corrected chi connectivity index (χ4v) is 4.56. The first-order chi connectivity index (χ1) is 11.8. The van der Waals surface area contributed by atoms with Gasteiger partial charge < -0.3 is 14.5 Å². The van der Waals surface area contributed by atoms with Gasteiger partial charge in [-0.25, -0.2) is 0 Å². The third-order valence-corrected chi connectivity index (χ3v) is 5.91. The van der Waals surface area contributed by atoms with Crippen LogP contribution < -0.4 is 5.32 Å². The summed E-state index contributed by atoms with van der Waals surface area (Å²) in [5.41, 5.74) is 1.81. The van der Waals surface area contributed by atoms with Crippen LogP contribution in [-0.2, 0) is 10.5 Å². The van der Waals surface area contributed by atoms with E-state index in [2.05, 4.69) is 5.32 Å². The zero-order chi connectivity index (χ0) is 16.8. The normalized spacial score (nSPS) is 15.7. The van der Waals surface area contributed by atoms with Crippen LogP contribution in [0.25, 0.3) is 11.0 Å². The third kappa shape index (κ3) is 4.14. The summed E-state index contributed by atoms with van der Waals surface area (Å²) in [6, 6.07) is 7.91. The highest BCUT2D eigenvalue weighted by Crippen LogP contribution is 2.34. The van der Waals surface area contributed by atoms with Crippen molar-refractivity contribution >= 4 is 28.6 Å². The second-order valence-corrected chi connectivity index (χ2v) is 7.51. The molecule has 0 bridgehead atoms. The number of rotatable bonds is 7. The lowest BCUT2D eigenvalue weighted by Gasteiger charge is -2.20. The summed E-state index contributed by atoms with van der Waals surface area (Å²) >= 11 is 1.97. The molecule has 2 aromatic rings. The Labute approximate surface area is 147 Å². The van der Waals surface area contributed by atoms with E-state index in [1.165, 1.54) is 32.1 Å². The number of hydrogen-bond donors (Lipinski definition) is 1. The van der Waals surface area contributed by atoms with Gasteiger partial charge in [0.05, 0.1) is 6.61 Å². The molecule has 1 saturated carbocycles. The number of para-hydroxylation sites is 1. The molecule has 1 aliphatic carbocycles. The SMILES string of the molecule is COCCNC(=O)c1oc2ccccc2c1CSC1CCCCC1. The van der Waals surface area contributed by atoms with Crippen molar-refractivity contribution in [3.05, 3.63) is 35.6 Å². The van der Waals surface area contributed by atoms with Crippen LogP contribution in [0, 0.1) is 0 Å². The van der Waals surface area contributed by atoms with Crippen molar-refractivity contribution < 1.29 is 13.9 Å². The molecular formula is C19H25NO3S. The van der Waals surface area contributed by atoms with Gasteiger partial charge in [-0.05, 0) is 18.9 Å². The highest BCUT2D eigenvalue weighted by molar-refractivity contribution is 7.99. The van der Waals surface area contributed by atoms with Crippen LogP contribution in [0.3, 0.4) is 0 Å². The topological polar surface area (TPSA) is 51.5 Å². The number of hydrogen-bond acceptors (Lipinski definition) is 4. The molecule has 0 radical (unpaired) electrons. The van der Waals surface area contributed by atoms with E-state index in [4.69, 9.17) is 9.15 Å². The van der Waals surface area contributed by atoms with Crippen LogP contribution >= 0.6 is 11.8 Å². The molecule has 1 amide bonds. The molecule has 1 aromatic carbocycles. The summed E-state index contributed by atoms with van der Waals surface area (Å²) in [6.07, 6.45) is 6.59. The average Bonchev–Trinajstić information content (AvgIpc) is 3.00. The van der Waals surface area contributed by atoms with Crippen molar-refractivity contribution in [2.24, 2.45) is 0 Å². The number of thioether (sulfide) groups is 1. The Hall–Kier alpha value is -1.46. The lowest BCUT2D eigenvalue weighted by atomic mass is 10.0. The smallest absolute Gasteiger partial charge is 0.287 e. The van der Waals surface area contributed by atoms with Crippen molar-refractivity contribution in [3.63, 3.8) is 0 Å². The van der Waals surface area contributed by atoms with Crippen molar-refractivity contribution in [1.29, 1.82) is 0 Å². The maximum atomic E-state index is 12.5. The fourth-order valence-electron chi connectivity index (χ4n) is 3.21. The molecule has 1 aromatic heterocycles. The van der Waals surface area contributed by atoms with Gasteiger partial charge in [-0.1, -0.05) is 37.5 Å². The molecule has 1 fully saturated rings. The first kappa shape index (κ1) is 17.4. The number of carbonyl (C=O) groups excluding carboxylic acids is 1. The number of fused-ring (bicyclic) bond motifs is 1. The standard InChI is InChI=1S/C19H25NO3S/c1-22-12-11-20-19(21)18-16(13-24-14-7-3-2-4-8-14)15-9-5-6-10-17(15)23-18/h5-6,9-10,14H,2-4,7-8,11-13H2,1H3,(H,20,21). The number of nitrogens with one attached hydrogen (secondary N) is 1. The van der Waals surface area contributed by atoms with E-state index in [0.717, 1.165) is 22.3 Å². The van der Waals surface area contributed by atoms with E-state index in [1.807, 2.05) is 36.0 Å². The average molecular weight is 347 g/mol. The Morgan fingerprint density at radius 1 is 1.29 bits per heavy atom. The van der Waals surface area contributed by atoms with E-state index < -0.39 is 0 Å². The minimum absolute atomic E-state index is 0.150. The molecule has 4 nitrogen and oxygen atoms in total. The Balaban J connectivity index is 1.77. The predicted octanol–water partition coefficient (Wildman–Crippen LogP) is 4.37. The van der Waals surface area contributed by atoms with Crippen LogP contribution in [0.15, 0.2) is 28.7 Å². The van der Waals surface area contributed by atoms with E-state index in [-0.39, 0.29) is 5.91 Å². The zero-order valence-corrected chi connectivity index (χ0v) is 15.0. The van der Waals surface area contributed by atoms with Gasteiger partial charge in [0.2, 0.25) is 0 Å². The highest BCUT2D eigenvalue weighted by atomic mass is 32.2. The van der Waals surface area contributed by atoms with Crippen molar-refractivity contribution in [3.8, 4) is 0 Å². The second-order valence-electron chi connectivity index (χ2n) is 6.23. The molecule has 0 saturated heterocycles. The third-order valence-electron chi connectivity index (χ3n) is 4.51. The summed E-state index contributed by atoms with van der Waals surface area (Å²) in [5, 5.41) is 4.63. The first-order valence-corrected chi connectivity index (χ1v) is 9.73. The van der Waals surface area contributed by atoms with Crippen molar-refractivity contribution in [1.82, 2.24) is 5.32 Å². The molecule has 24 heavy (non-hydrogen) atoms. The van der Waals surface area contributed by atoms with Crippen LogP contribution in [0.2, 0.25) is 0 Å². The van der Waals surface area contributed by atoms with Gasteiger partial charge in [-0.15, -0.1) is 0 Å². The minimum atomic E-state index is -0.150. The molecule has 0 atom stereocenters. The maximum Gasteiger partial charge on any atom is 0.287 e. The molecule has 1 heterocycles. The molecule has 3 rings (SSSR count). The van der Waals surface area contributed by atoms with E-state index in [0.29, 0.717) is 24.2 Å². The molecule has 130 valence electrons. The highest BCUT2D eigenvalue weighted by Gasteiger charge is 2.22. The maximum absolute atomic E-state index is 12.5. The van der Waals surface area contributed by atoms with Gasteiger partial charge in [-0.3, -0.25) is 4.79 Å². The van der Waals surface area contributed by atoms with Crippen LogP contribution in [0.1, 0.15) is 48.2 Å². The van der Waals surface area contributed by atoms with Gasteiger partial charge in [0.25, 0.3) is 5.91 Å². The molecule has 1 aliphatic rings. The van der Waals surface area contributed by atoms with Crippen LogP contribution in [0.5, 0.6) is 0 Å². The number of amides is 1. The Kier molecular flexibility index (Phi) is 6.21.